The smallest absolute Gasteiger partial charge is 0.356 e. The molecule has 0 saturated heterocycles. The number of rotatable bonds is 4. The SMILES string of the molecule is Cc1ccc(S(=O)(=O)Nc2c(Br)nn(C)c2C(=O)O)cc1. The highest BCUT2D eigenvalue weighted by Crippen LogP contribution is 2.28. The van der Waals surface area contributed by atoms with Crippen molar-refractivity contribution in [2.75, 3.05) is 4.72 Å². The average Bonchev–Trinajstić information content (AvgIpc) is 2.64. The maximum atomic E-state index is 12.3. The molecule has 0 saturated carbocycles. The Labute approximate surface area is 129 Å². The van der Waals surface area contributed by atoms with Crippen LogP contribution in [0.2, 0.25) is 0 Å². The third-order valence-electron chi connectivity index (χ3n) is 2.77. The van der Waals surface area contributed by atoms with Crippen molar-refractivity contribution in [1.82, 2.24) is 9.78 Å². The third-order valence-corrected chi connectivity index (χ3v) is 4.70. The fraction of sp³-hybridized carbons (Fsp3) is 0.167. The molecule has 2 N–H and O–H groups in total. The Morgan fingerprint density at radius 1 is 1.33 bits per heavy atom. The van der Waals surface area contributed by atoms with Crippen LogP contribution in [0.1, 0.15) is 16.1 Å². The summed E-state index contributed by atoms with van der Waals surface area (Å²) in [6.45, 7) is 1.84. The van der Waals surface area contributed by atoms with Crippen LogP contribution < -0.4 is 4.72 Å². The molecule has 0 unspecified atom stereocenters. The molecule has 0 spiro atoms. The van der Waals surface area contributed by atoms with Gasteiger partial charge in [-0.15, -0.1) is 0 Å². The highest BCUT2D eigenvalue weighted by Gasteiger charge is 2.25. The second-order valence-corrected chi connectivity index (χ2v) is 6.80. The van der Waals surface area contributed by atoms with Gasteiger partial charge in [0, 0.05) is 7.05 Å². The number of nitrogens with one attached hydrogen (secondary N) is 1. The number of nitrogens with zero attached hydrogens (tertiary/aromatic N) is 2. The van der Waals surface area contributed by atoms with E-state index in [1.807, 2.05) is 6.92 Å². The lowest BCUT2D eigenvalue weighted by Gasteiger charge is -2.08. The molecule has 1 heterocycles. The van der Waals surface area contributed by atoms with Gasteiger partial charge < -0.3 is 5.11 Å². The van der Waals surface area contributed by atoms with Crippen LogP contribution >= 0.6 is 15.9 Å². The van der Waals surface area contributed by atoms with Gasteiger partial charge in [0.2, 0.25) is 0 Å². The monoisotopic (exact) mass is 373 g/mol. The van der Waals surface area contributed by atoms with Crippen molar-refractivity contribution in [2.45, 2.75) is 11.8 Å². The van der Waals surface area contributed by atoms with Crippen molar-refractivity contribution in [3.05, 3.63) is 40.1 Å². The lowest BCUT2D eigenvalue weighted by Crippen LogP contribution is -2.16. The van der Waals surface area contributed by atoms with Crippen LogP contribution in [0.4, 0.5) is 5.69 Å². The predicted molar refractivity (Wildman–Crippen MR) is 79.9 cm³/mol. The van der Waals surface area contributed by atoms with E-state index in [1.54, 1.807) is 12.1 Å². The lowest BCUT2D eigenvalue weighted by molar-refractivity contribution is 0.0686. The molecule has 112 valence electrons. The summed E-state index contributed by atoms with van der Waals surface area (Å²) in [5, 5.41) is 13.0. The van der Waals surface area contributed by atoms with Crippen LogP contribution in [0, 0.1) is 6.92 Å². The lowest BCUT2D eigenvalue weighted by atomic mass is 10.2. The van der Waals surface area contributed by atoms with E-state index in [9.17, 15) is 13.2 Å². The normalized spacial score (nSPS) is 11.4. The Morgan fingerprint density at radius 2 is 1.90 bits per heavy atom. The van der Waals surface area contributed by atoms with Gasteiger partial charge in [-0.1, -0.05) is 17.7 Å². The van der Waals surface area contributed by atoms with E-state index in [2.05, 4.69) is 25.8 Å². The van der Waals surface area contributed by atoms with Gasteiger partial charge in [0.25, 0.3) is 10.0 Å². The van der Waals surface area contributed by atoms with Crippen LogP contribution in [0.15, 0.2) is 33.8 Å². The predicted octanol–water partition coefficient (Wildman–Crippen LogP) is 1.99. The van der Waals surface area contributed by atoms with Crippen LogP contribution in [0.5, 0.6) is 0 Å². The average molecular weight is 374 g/mol. The second-order valence-electron chi connectivity index (χ2n) is 4.36. The van der Waals surface area contributed by atoms with E-state index >= 15 is 0 Å². The van der Waals surface area contributed by atoms with Gasteiger partial charge in [0.15, 0.2) is 10.3 Å². The number of halogens is 1. The molecule has 0 amide bonds. The van der Waals surface area contributed by atoms with Gasteiger partial charge in [-0.05, 0) is 35.0 Å². The Kier molecular flexibility index (Phi) is 4.06. The number of aryl methyl sites for hydroxylation is 2. The largest absolute Gasteiger partial charge is 0.476 e. The maximum absolute atomic E-state index is 12.3. The van der Waals surface area contributed by atoms with Gasteiger partial charge in [-0.25, -0.2) is 13.2 Å². The van der Waals surface area contributed by atoms with Gasteiger partial charge in [-0.2, -0.15) is 5.10 Å². The van der Waals surface area contributed by atoms with E-state index in [1.165, 1.54) is 19.2 Å². The van der Waals surface area contributed by atoms with Gasteiger partial charge in [0.05, 0.1) is 4.90 Å². The van der Waals surface area contributed by atoms with Crippen molar-refractivity contribution in [3.8, 4) is 0 Å². The number of carboxylic acid groups (broad SMARTS) is 1. The molecule has 0 bridgehead atoms. The molecule has 0 aliphatic carbocycles. The minimum Gasteiger partial charge on any atom is -0.476 e. The Balaban J connectivity index is 2.46. The maximum Gasteiger partial charge on any atom is 0.356 e. The molecule has 9 heteroatoms. The fourth-order valence-electron chi connectivity index (χ4n) is 1.74. The summed E-state index contributed by atoms with van der Waals surface area (Å²) in [5.41, 5.74) is 0.561. The van der Waals surface area contributed by atoms with E-state index in [4.69, 9.17) is 5.11 Å². The summed E-state index contributed by atoms with van der Waals surface area (Å²) in [6, 6.07) is 6.21. The first-order valence-electron chi connectivity index (χ1n) is 5.77. The molecule has 2 rings (SSSR count). The first-order valence-corrected chi connectivity index (χ1v) is 8.05. The number of aromatic nitrogens is 2. The summed E-state index contributed by atoms with van der Waals surface area (Å²) >= 11 is 3.05. The Hall–Kier alpha value is -1.87. The first kappa shape index (κ1) is 15.5. The van der Waals surface area contributed by atoms with Crippen LogP contribution in [0.25, 0.3) is 0 Å². The minimum atomic E-state index is -3.89. The number of anilines is 1. The zero-order valence-electron chi connectivity index (χ0n) is 11.2. The van der Waals surface area contributed by atoms with Crippen LogP contribution in [-0.4, -0.2) is 29.3 Å². The molecule has 7 nitrogen and oxygen atoms in total. The zero-order chi connectivity index (χ0) is 15.8. The number of hydrogen-bond donors (Lipinski definition) is 2. The number of carbonyl (C=O) groups is 1. The molecule has 0 fully saturated rings. The molecule has 0 aliphatic rings. The highest BCUT2D eigenvalue weighted by molar-refractivity contribution is 9.10. The Bertz CT molecular complexity index is 797. The molecule has 2 aromatic rings. The van der Waals surface area contributed by atoms with Crippen molar-refractivity contribution >= 4 is 37.6 Å². The van der Waals surface area contributed by atoms with E-state index in [0.717, 1.165) is 10.2 Å². The van der Waals surface area contributed by atoms with Crippen LogP contribution in [-0.2, 0) is 17.1 Å². The standard InChI is InChI=1S/C12H12BrN3O4S/c1-7-3-5-8(6-4-7)21(19,20)15-9-10(12(17)18)16(2)14-11(9)13/h3-6,15H,1-2H3,(H,17,18). The number of benzene rings is 1. The van der Waals surface area contributed by atoms with E-state index in [-0.39, 0.29) is 20.9 Å². The number of aromatic carboxylic acids is 1. The number of sulfonamides is 1. The summed E-state index contributed by atoms with van der Waals surface area (Å²) < 4.78 is 28.0. The minimum absolute atomic E-state index is 0.0418. The molecule has 1 aromatic heterocycles. The molecule has 1 aromatic carbocycles. The van der Waals surface area contributed by atoms with E-state index < -0.39 is 16.0 Å². The topological polar surface area (TPSA) is 101 Å². The molecule has 0 atom stereocenters. The molecule has 21 heavy (non-hydrogen) atoms. The number of hydrogen-bond acceptors (Lipinski definition) is 4. The molecular weight excluding hydrogens is 362 g/mol. The van der Waals surface area contributed by atoms with Crippen molar-refractivity contribution in [2.24, 2.45) is 7.05 Å². The summed E-state index contributed by atoms with van der Waals surface area (Å²) in [6.07, 6.45) is 0. The highest BCUT2D eigenvalue weighted by atomic mass is 79.9. The van der Waals surface area contributed by atoms with Crippen LogP contribution in [0.3, 0.4) is 0 Å². The van der Waals surface area contributed by atoms with E-state index in [0.29, 0.717) is 0 Å². The molecular formula is C12H12BrN3O4S. The first-order chi connectivity index (χ1) is 9.72. The molecule has 0 aliphatic heterocycles. The van der Waals surface area contributed by atoms with Crippen molar-refractivity contribution in [1.29, 1.82) is 0 Å². The third kappa shape index (κ3) is 3.08. The summed E-state index contributed by atoms with van der Waals surface area (Å²) in [7, 11) is -2.48. The second kappa shape index (κ2) is 5.49. The van der Waals surface area contributed by atoms with Crippen molar-refractivity contribution in [3.63, 3.8) is 0 Å². The van der Waals surface area contributed by atoms with Crippen molar-refractivity contribution < 1.29 is 18.3 Å². The summed E-state index contributed by atoms with van der Waals surface area (Å²) in [5.74, 6) is -1.28. The number of carboxylic acids is 1. The summed E-state index contributed by atoms with van der Waals surface area (Å²) in [4.78, 5) is 11.2. The fourth-order valence-corrected chi connectivity index (χ4v) is 3.47. The van der Waals surface area contributed by atoms with Gasteiger partial charge in [-0.3, -0.25) is 9.40 Å². The zero-order valence-corrected chi connectivity index (χ0v) is 13.6. The Morgan fingerprint density at radius 3 is 2.43 bits per heavy atom. The van der Waals surface area contributed by atoms with Gasteiger partial charge >= 0.3 is 5.97 Å². The quantitative estimate of drug-likeness (QED) is 0.852. The molecule has 0 radical (unpaired) electrons. The van der Waals surface area contributed by atoms with Gasteiger partial charge in [0.1, 0.15) is 5.69 Å².